The van der Waals surface area contributed by atoms with Crippen LogP contribution in [0.1, 0.15) is 30.6 Å². The molecule has 2 rings (SSSR count). The molecule has 0 aliphatic carbocycles. The Bertz CT molecular complexity index is 610. The largest absolute Gasteiger partial charge is 0.370 e. The van der Waals surface area contributed by atoms with Crippen LogP contribution >= 0.6 is 0 Å². The standard InChI is InChI=1S/C16H21N3O/c1-4-10-17-15-13-9-7-6-8-12(13)14(11-18-15)16(20)19(3)5-2/h6-9,11H,4-5,10H2,1-3H3,(H,17,18). The van der Waals surface area contributed by atoms with Crippen molar-refractivity contribution in [2.75, 3.05) is 25.5 Å². The normalized spacial score (nSPS) is 10.6. The van der Waals surface area contributed by atoms with Gasteiger partial charge >= 0.3 is 0 Å². The zero-order chi connectivity index (χ0) is 14.5. The molecule has 1 heterocycles. The Morgan fingerprint density at radius 1 is 1.25 bits per heavy atom. The first-order valence-electron chi connectivity index (χ1n) is 7.06. The molecule has 0 aliphatic heterocycles. The lowest BCUT2D eigenvalue weighted by atomic mass is 10.1. The fraction of sp³-hybridized carbons (Fsp3) is 0.375. The van der Waals surface area contributed by atoms with Crippen LogP contribution in [0.5, 0.6) is 0 Å². The second-order valence-corrected chi connectivity index (χ2v) is 4.81. The molecule has 1 aromatic carbocycles. The van der Waals surface area contributed by atoms with Gasteiger partial charge < -0.3 is 10.2 Å². The van der Waals surface area contributed by atoms with Crippen molar-refractivity contribution in [1.82, 2.24) is 9.88 Å². The van der Waals surface area contributed by atoms with E-state index < -0.39 is 0 Å². The number of hydrogen-bond donors (Lipinski definition) is 1. The fourth-order valence-corrected chi connectivity index (χ4v) is 2.10. The van der Waals surface area contributed by atoms with Gasteiger partial charge in [-0.2, -0.15) is 0 Å². The highest BCUT2D eigenvalue weighted by Crippen LogP contribution is 2.25. The van der Waals surface area contributed by atoms with E-state index in [0.29, 0.717) is 12.1 Å². The molecule has 0 saturated heterocycles. The third-order valence-corrected chi connectivity index (χ3v) is 3.39. The van der Waals surface area contributed by atoms with Gasteiger partial charge in [-0.3, -0.25) is 4.79 Å². The molecule has 1 N–H and O–H groups in total. The van der Waals surface area contributed by atoms with Crippen LogP contribution in [0.4, 0.5) is 5.82 Å². The van der Waals surface area contributed by atoms with E-state index in [1.807, 2.05) is 31.2 Å². The number of aromatic nitrogens is 1. The number of carbonyl (C=O) groups is 1. The van der Waals surface area contributed by atoms with Gasteiger partial charge in [0.15, 0.2) is 0 Å². The summed E-state index contributed by atoms with van der Waals surface area (Å²) < 4.78 is 0. The SMILES string of the molecule is CCCNc1ncc(C(=O)N(C)CC)c2ccccc12. The molecule has 20 heavy (non-hydrogen) atoms. The number of benzene rings is 1. The zero-order valence-electron chi connectivity index (χ0n) is 12.3. The summed E-state index contributed by atoms with van der Waals surface area (Å²) in [7, 11) is 1.81. The summed E-state index contributed by atoms with van der Waals surface area (Å²) in [5.74, 6) is 0.858. The minimum absolute atomic E-state index is 0.0123. The molecule has 2 aromatic rings. The Labute approximate surface area is 119 Å². The first-order chi connectivity index (χ1) is 9.69. The Morgan fingerprint density at radius 3 is 2.60 bits per heavy atom. The van der Waals surface area contributed by atoms with Gasteiger partial charge in [-0.1, -0.05) is 31.2 Å². The lowest BCUT2D eigenvalue weighted by Gasteiger charge is -2.17. The number of fused-ring (bicyclic) bond motifs is 1. The van der Waals surface area contributed by atoms with Crippen molar-refractivity contribution < 1.29 is 4.79 Å². The van der Waals surface area contributed by atoms with E-state index in [0.717, 1.165) is 29.6 Å². The minimum Gasteiger partial charge on any atom is -0.370 e. The highest BCUT2D eigenvalue weighted by molar-refractivity contribution is 6.09. The van der Waals surface area contributed by atoms with Crippen LogP contribution in [-0.4, -0.2) is 35.9 Å². The summed E-state index contributed by atoms with van der Waals surface area (Å²) in [4.78, 5) is 18.5. The van der Waals surface area contributed by atoms with Gasteiger partial charge in [0, 0.05) is 31.7 Å². The van der Waals surface area contributed by atoms with Crippen LogP contribution in [0, 0.1) is 0 Å². The molecule has 1 aromatic heterocycles. The summed E-state index contributed by atoms with van der Waals surface area (Å²) in [6, 6.07) is 7.90. The van der Waals surface area contributed by atoms with Gasteiger partial charge in [0.05, 0.1) is 5.56 Å². The van der Waals surface area contributed by atoms with E-state index in [1.54, 1.807) is 18.1 Å². The molecule has 0 radical (unpaired) electrons. The molecule has 0 fully saturated rings. The zero-order valence-corrected chi connectivity index (χ0v) is 12.3. The van der Waals surface area contributed by atoms with Crippen molar-refractivity contribution >= 4 is 22.5 Å². The second kappa shape index (κ2) is 6.37. The minimum atomic E-state index is 0.0123. The summed E-state index contributed by atoms with van der Waals surface area (Å²) in [5, 5.41) is 5.26. The van der Waals surface area contributed by atoms with Crippen molar-refractivity contribution in [3.05, 3.63) is 36.0 Å². The van der Waals surface area contributed by atoms with E-state index in [9.17, 15) is 4.79 Å². The summed E-state index contributed by atoms with van der Waals surface area (Å²) in [5.41, 5.74) is 0.659. The average molecular weight is 271 g/mol. The number of nitrogens with zero attached hydrogens (tertiary/aromatic N) is 2. The van der Waals surface area contributed by atoms with Gasteiger partial charge in [-0.15, -0.1) is 0 Å². The van der Waals surface area contributed by atoms with Crippen LogP contribution in [0.25, 0.3) is 10.8 Å². The molecule has 0 unspecified atom stereocenters. The van der Waals surface area contributed by atoms with Gasteiger partial charge in [0.2, 0.25) is 0 Å². The second-order valence-electron chi connectivity index (χ2n) is 4.81. The number of pyridine rings is 1. The van der Waals surface area contributed by atoms with Crippen LogP contribution in [-0.2, 0) is 0 Å². The Balaban J connectivity index is 2.51. The van der Waals surface area contributed by atoms with Gasteiger partial charge in [0.25, 0.3) is 5.91 Å². The Hall–Kier alpha value is -2.10. The van der Waals surface area contributed by atoms with E-state index in [2.05, 4.69) is 17.2 Å². The van der Waals surface area contributed by atoms with Crippen LogP contribution in [0.2, 0.25) is 0 Å². The van der Waals surface area contributed by atoms with E-state index >= 15 is 0 Å². The van der Waals surface area contributed by atoms with Crippen LogP contribution in [0.15, 0.2) is 30.5 Å². The lowest BCUT2D eigenvalue weighted by molar-refractivity contribution is 0.0804. The summed E-state index contributed by atoms with van der Waals surface area (Å²) in [6.07, 6.45) is 2.71. The molecule has 0 saturated carbocycles. The predicted octanol–water partition coefficient (Wildman–Crippen LogP) is 3.15. The van der Waals surface area contributed by atoms with E-state index in [-0.39, 0.29) is 5.91 Å². The lowest BCUT2D eigenvalue weighted by Crippen LogP contribution is -2.26. The molecular formula is C16H21N3O. The van der Waals surface area contributed by atoms with E-state index in [1.165, 1.54) is 0 Å². The maximum atomic E-state index is 12.4. The quantitative estimate of drug-likeness (QED) is 0.908. The first-order valence-corrected chi connectivity index (χ1v) is 7.06. The van der Waals surface area contributed by atoms with Crippen molar-refractivity contribution in [3.63, 3.8) is 0 Å². The molecule has 1 amide bonds. The number of hydrogen-bond acceptors (Lipinski definition) is 3. The van der Waals surface area contributed by atoms with Crippen molar-refractivity contribution in [2.24, 2.45) is 0 Å². The molecule has 106 valence electrons. The number of amides is 1. The molecular weight excluding hydrogens is 250 g/mol. The van der Waals surface area contributed by atoms with Crippen LogP contribution < -0.4 is 5.32 Å². The summed E-state index contributed by atoms with van der Waals surface area (Å²) in [6.45, 7) is 5.64. The molecule has 0 spiro atoms. The van der Waals surface area contributed by atoms with E-state index in [4.69, 9.17) is 0 Å². The molecule has 0 atom stereocenters. The van der Waals surface area contributed by atoms with Gasteiger partial charge in [-0.05, 0) is 18.7 Å². The molecule has 0 aliphatic rings. The highest BCUT2D eigenvalue weighted by atomic mass is 16.2. The average Bonchev–Trinajstić information content (AvgIpc) is 2.51. The van der Waals surface area contributed by atoms with Crippen molar-refractivity contribution in [3.8, 4) is 0 Å². The maximum Gasteiger partial charge on any atom is 0.255 e. The predicted molar refractivity (Wildman–Crippen MR) is 83.2 cm³/mol. The smallest absolute Gasteiger partial charge is 0.255 e. The van der Waals surface area contributed by atoms with Gasteiger partial charge in [0.1, 0.15) is 5.82 Å². The number of nitrogens with one attached hydrogen (secondary N) is 1. The number of anilines is 1. The molecule has 4 nitrogen and oxygen atoms in total. The maximum absolute atomic E-state index is 12.4. The molecule has 0 bridgehead atoms. The Kier molecular flexibility index (Phi) is 4.56. The fourth-order valence-electron chi connectivity index (χ4n) is 2.10. The van der Waals surface area contributed by atoms with Crippen molar-refractivity contribution in [1.29, 1.82) is 0 Å². The Morgan fingerprint density at radius 2 is 1.95 bits per heavy atom. The molecule has 4 heteroatoms. The third-order valence-electron chi connectivity index (χ3n) is 3.39. The number of rotatable bonds is 5. The topological polar surface area (TPSA) is 45.2 Å². The monoisotopic (exact) mass is 271 g/mol. The first kappa shape index (κ1) is 14.3. The summed E-state index contributed by atoms with van der Waals surface area (Å²) >= 11 is 0. The van der Waals surface area contributed by atoms with Crippen molar-refractivity contribution in [2.45, 2.75) is 20.3 Å². The highest BCUT2D eigenvalue weighted by Gasteiger charge is 2.15. The van der Waals surface area contributed by atoms with Crippen LogP contribution in [0.3, 0.4) is 0 Å². The number of carbonyl (C=O) groups excluding carboxylic acids is 1. The third kappa shape index (κ3) is 2.74. The van der Waals surface area contributed by atoms with Gasteiger partial charge in [-0.25, -0.2) is 4.98 Å².